The van der Waals surface area contributed by atoms with Crippen LogP contribution in [-0.2, 0) is 9.84 Å². The fraction of sp³-hybridized carbons (Fsp3) is 0.688. The van der Waals surface area contributed by atoms with Crippen LogP contribution in [0.15, 0.2) is 29.3 Å². The molecule has 4 fully saturated rings. The number of hydrogen-bond acceptors (Lipinski definition) is 7. The standard InChI is InChI=1S/C32H46N4O3S/c1-21(2)36-15-13-32(14-16-36)18-26(19-32)40(38,39)25-7-8-28(22(3)17-25)34-30-33-20-27(23-5-6-23)29(35-30)24-9-11-31(4,37)12-10-24/h7-8,17,20-21,23-24,26,37H,5-6,9-16,18-19H2,1-4H3,(H,33,34,35). The number of sulfone groups is 1. The minimum absolute atomic E-state index is 0.218. The van der Waals surface area contributed by atoms with Gasteiger partial charge in [0.05, 0.1) is 21.4 Å². The second-order valence-electron chi connectivity index (χ2n) is 13.9. The van der Waals surface area contributed by atoms with Crippen molar-refractivity contribution in [3.8, 4) is 0 Å². The maximum atomic E-state index is 13.5. The van der Waals surface area contributed by atoms with Crippen molar-refractivity contribution in [1.29, 1.82) is 0 Å². The van der Waals surface area contributed by atoms with E-state index in [0.717, 1.165) is 81.4 Å². The Morgan fingerprint density at radius 1 is 1.02 bits per heavy atom. The molecule has 1 aliphatic heterocycles. The number of nitrogens with zero attached hydrogens (tertiary/aromatic N) is 3. The molecule has 3 saturated carbocycles. The first-order valence-corrected chi connectivity index (χ1v) is 16.9. The molecule has 2 N–H and O–H groups in total. The third-order valence-electron chi connectivity index (χ3n) is 10.4. The highest BCUT2D eigenvalue weighted by atomic mass is 32.2. The molecule has 1 aromatic heterocycles. The third-order valence-corrected chi connectivity index (χ3v) is 12.6. The summed E-state index contributed by atoms with van der Waals surface area (Å²) >= 11 is 0. The average molecular weight is 567 g/mol. The van der Waals surface area contributed by atoms with Crippen LogP contribution < -0.4 is 5.32 Å². The van der Waals surface area contributed by atoms with Gasteiger partial charge in [-0.3, -0.25) is 0 Å². The quantitative estimate of drug-likeness (QED) is 0.409. The molecule has 2 heterocycles. The first kappa shape index (κ1) is 28.1. The van der Waals surface area contributed by atoms with Gasteiger partial charge in [0.2, 0.25) is 5.95 Å². The summed E-state index contributed by atoms with van der Waals surface area (Å²) in [6, 6.07) is 5.99. The topological polar surface area (TPSA) is 95.4 Å². The summed E-state index contributed by atoms with van der Waals surface area (Å²) < 4.78 is 27.1. The van der Waals surface area contributed by atoms with Crippen LogP contribution in [0.3, 0.4) is 0 Å². The zero-order chi connectivity index (χ0) is 28.3. The summed E-state index contributed by atoms with van der Waals surface area (Å²) in [5.74, 6) is 1.46. The SMILES string of the molecule is Cc1cc(S(=O)(=O)C2CC3(CCN(C(C)C)CC3)C2)ccc1Nc1ncc(C2CC2)c(C2CCC(C)(O)CC2)n1. The molecule has 1 aromatic carbocycles. The van der Waals surface area contributed by atoms with Crippen LogP contribution in [-0.4, -0.2) is 58.4 Å². The van der Waals surface area contributed by atoms with E-state index in [1.807, 2.05) is 32.2 Å². The van der Waals surface area contributed by atoms with Gasteiger partial charge >= 0.3 is 0 Å². The number of aliphatic hydroxyl groups is 1. The van der Waals surface area contributed by atoms with Gasteiger partial charge in [0.1, 0.15) is 0 Å². The molecule has 3 aliphatic carbocycles. The average Bonchev–Trinajstić information content (AvgIpc) is 3.74. The van der Waals surface area contributed by atoms with E-state index in [9.17, 15) is 13.5 Å². The maximum absolute atomic E-state index is 13.5. The lowest BCUT2D eigenvalue weighted by molar-refractivity contribution is 0.0167. The fourth-order valence-electron chi connectivity index (χ4n) is 7.33. The Bertz CT molecular complexity index is 1340. The molecule has 6 rings (SSSR count). The molecular weight excluding hydrogens is 520 g/mol. The molecule has 1 spiro atoms. The number of anilines is 2. The third kappa shape index (κ3) is 5.56. The van der Waals surface area contributed by atoms with E-state index in [2.05, 4.69) is 29.0 Å². The molecule has 0 unspecified atom stereocenters. The predicted molar refractivity (Wildman–Crippen MR) is 159 cm³/mol. The Morgan fingerprint density at radius 3 is 2.30 bits per heavy atom. The van der Waals surface area contributed by atoms with Crippen LogP contribution in [0.5, 0.6) is 0 Å². The van der Waals surface area contributed by atoms with E-state index in [1.54, 1.807) is 6.07 Å². The van der Waals surface area contributed by atoms with Crippen LogP contribution in [0.1, 0.15) is 114 Å². The molecule has 7 nitrogen and oxygen atoms in total. The van der Waals surface area contributed by atoms with Crippen molar-refractivity contribution in [2.24, 2.45) is 5.41 Å². The number of rotatable bonds is 7. The Hall–Kier alpha value is -2.03. The van der Waals surface area contributed by atoms with Crippen molar-refractivity contribution < 1.29 is 13.5 Å². The monoisotopic (exact) mass is 566 g/mol. The van der Waals surface area contributed by atoms with E-state index in [1.165, 1.54) is 18.4 Å². The summed E-state index contributed by atoms with van der Waals surface area (Å²) in [5, 5.41) is 13.6. The van der Waals surface area contributed by atoms with E-state index in [0.29, 0.717) is 28.7 Å². The summed E-state index contributed by atoms with van der Waals surface area (Å²) in [7, 11) is -3.35. The Labute approximate surface area is 240 Å². The van der Waals surface area contributed by atoms with Crippen LogP contribution in [0, 0.1) is 12.3 Å². The zero-order valence-electron chi connectivity index (χ0n) is 24.6. The summed E-state index contributed by atoms with van der Waals surface area (Å²) in [6.45, 7) is 10.5. The lowest BCUT2D eigenvalue weighted by Crippen LogP contribution is -2.52. The smallest absolute Gasteiger partial charge is 0.227 e. The molecule has 0 atom stereocenters. The number of nitrogens with one attached hydrogen (secondary N) is 1. The summed E-state index contributed by atoms with van der Waals surface area (Å²) in [6.07, 6.45) is 11.7. The van der Waals surface area contributed by atoms with E-state index >= 15 is 0 Å². The summed E-state index contributed by atoms with van der Waals surface area (Å²) in [4.78, 5) is 12.6. The largest absolute Gasteiger partial charge is 0.390 e. The first-order valence-electron chi connectivity index (χ1n) is 15.4. The zero-order valence-corrected chi connectivity index (χ0v) is 25.4. The van der Waals surface area contributed by atoms with Gasteiger partial charge in [0.25, 0.3) is 0 Å². The number of likely N-dealkylation sites (tertiary alicyclic amines) is 1. The van der Waals surface area contributed by atoms with Crippen LogP contribution in [0.25, 0.3) is 0 Å². The van der Waals surface area contributed by atoms with Gasteiger partial charge in [0, 0.05) is 23.8 Å². The second-order valence-corrected chi connectivity index (χ2v) is 16.1. The number of aryl methyl sites for hydroxylation is 1. The van der Waals surface area contributed by atoms with Crippen molar-refractivity contribution in [3.05, 3.63) is 41.2 Å². The van der Waals surface area contributed by atoms with E-state index < -0.39 is 15.4 Å². The Kier molecular flexibility index (Phi) is 7.28. The Morgan fingerprint density at radius 2 is 1.70 bits per heavy atom. The highest BCUT2D eigenvalue weighted by Crippen LogP contribution is 2.53. The van der Waals surface area contributed by atoms with Crippen LogP contribution >= 0.6 is 0 Å². The van der Waals surface area contributed by atoms with Crippen molar-refractivity contribution in [3.63, 3.8) is 0 Å². The maximum Gasteiger partial charge on any atom is 0.227 e. The minimum atomic E-state index is -3.35. The van der Waals surface area contributed by atoms with Gasteiger partial charge < -0.3 is 15.3 Å². The molecule has 2 aromatic rings. The summed E-state index contributed by atoms with van der Waals surface area (Å²) in [5.41, 5.74) is 3.76. The van der Waals surface area contributed by atoms with Crippen molar-refractivity contribution in [1.82, 2.24) is 14.9 Å². The number of hydrogen-bond donors (Lipinski definition) is 2. The lowest BCUT2D eigenvalue weighted by Gasteiger charge is -2.52. The number of benzene rings is 1. The van der Waals surface area contributed by atoms with Crippen molar-refractivity contribution in [2.45, 2.75) is 126 Å². The molecule has 218 valence electrons. The van der Waals surface area contributed by atoms with Gasteiger partial charge in [-0.15, -0.1) is 0 Å². The second kappa shape index (κ2) is 10.4. The molecule has 40 heavy (non-hydrogen) atoms. The highest BCUT2D eigenvalue weighted by molar-refractivity contribution is 7.92. The van der Waals surface area contributed by atoms with Gasteiger partial charge in [0.15, 0.2) is 9.84 Å². The van der Waals surface area contributed by atoms with Crippen LogP contribution in [0.4, 0.5) is 11.6 Å². The molecule has 0 bridgehead atoms. The highest BCUT2D eigenvalue weighted by Gasteiger charge is 2.51. The number of aromatic nitrogens is 2. The van der Waals surface area contributed by atoms with E-state index in [-0.39, 0.29) is 10.7 Å². The minimum Gasteiger partial charge on any atom is -0.390 e. The van der Waals surface area contributed by atoms with Gasteiger partial charge in [-0.1, -0.05) is 0 Å². The molecular formula is C32H46N4O3S. The van der Waals surface area contributed by atoms with Crippen molar-refractivity contribution in [2.75, 3.05) is 18.4 Å². The molecule has 0 radical (unpaired) electrons. The first-order chi connectivity index (χ1) is 18.9. The molecule has 0 amide bonds. The van der Waals surface area contributed by atoms with Crippen molar-refractivity contribution >= 4 is 21.5 Å². The lowest BCUT2D eigenvalue weighted by atomic mass is 9.63. The number of piperidine rings is 1. The fourth-order valence-corrected chi connectivity index (χ4v) is 9.46. The molecule has 8 heteroatoms. The normalized spacial score (nSPS) is 27.6. The van der Waals surface area contributed by atoms with Gasteiger partial charge in [-0.2, -0.15) is 0 Å². The predicted octanol–water partition coefficient (Wildman–Crippen LogP) is 6.24. The Balaban J connectivity index is 1.14. The van der Waals surface area contributed by atoms with Crippen LogP contribution in [0.2, 0.25) is 0 Å². The molecule has 4 aliphatic rings. The van der Waals surface area contributed by atoms with Gasteiger partial charge in [-0.05, 0) is 146 Å². The molecule has 1 saturated heterocycles. The van der Waals surface area contributed by atoms with Gasteiger partial charge in [-0.25, -0.2) is 18.4 Å². The van der Waals surface area contributed by atoms with E-state index in [4.69, 9.17) is 4.98 Å².